The van der Waals surface area contributed by atoms with Crippen molar-refractivity contribution in [3.05, 3.63) is 59.2 Å². The van der Waals surface area contributed by atoms with Crippen molar-refractivity contribution in [3.8, 4) is 11.5 Å². The molecule has 0 aromatic heterocycles. The van der Waals surface area contributed by atoms with Gasteiger partial charge in [0.25, 0.3) is 0 Å². The molecule has 1 aliphatic heterocycles. The highest BCUT2D eigenvalue weighted by molar-refractivity contribution is 7.99. The van der Waals surface area contributed by atoms with Crippen LogP contribution in [0.25, 0.3) is 0 Å². The molecule has 2 N–H and O–H groups in total. The predicted molar refractivity (Wildman–Crippen MR) is 122 cm³/mol. The molecule has 0 aliphatic carbocycles. The van der Waals surface area contributed by atoms with Crippen LogP contribution in [-0.4, -0.2) is 36.1 Å². The molecular formula is C24H31NO4S. The predicted octanol–water partition coefficient (Wildman–Crippen LogP) is 4.79. The van der Waals surface area contributed by atoms with Gasteiger partial charge in [-0.25, -0.2) is 0 Å². The molecule has 1 fully saturated rings. The van der Waals surface area contributed by atoms with E-state index in [1.165, 1.54) is 11.1 Å². The van der Waals surface area contributed by atoms with Crippen molar-refractivity contribution in [2.24, 2.45) is 0 Å². The van der Waals surface area contributed by atoms with Crippen LogP contribution in [-0.2, 0) is 16.6 Å². The van der Waals surface area contributed by atoms with E-state index in [1.54, 1.807) is 11.8 Å². The van der Waals surface area contributed by atoms with E-state index in [4.69, 9.17) is 9.47 Å². The molecule has 30 heavy (non-hydrogen) atoms. The van der Waals surface area contributed by atoms with Crippen LogP contribution in [0, 0.1) is 0 Å². The number of hydrogen-bond acceptors (Lipinski definition) is 5. The van der Waals surface area contributed by atoms with Gasteiger partial charge < -0.3 is 14.6 Å². The monoisotopic (exact) mass is 429 g/mol. The number of aryl methyl sites for hydroxylation is 1. The summed E-state index contributed by atoms with van der Waals surface area (Å²) in [6, 6.07) is 13.6. The Balaban J connectivity index is 1.62. The second-order valence-electron chi connectivity index (χ2n) is 8.44. The first-order valence-electron chi connectivity index (χ1n) is 10.4. The van der Waals surface area contributed by atoms with Crippen molar-refractivity contribution in [1.82, 2.24) is 5.32 Å². The SMILES string of the molecule is CCc1ccc(OCCOc2ccccc2C2NC(C(=O)O)CS2)c(C(C)(C)C)c1. The summed E-state index contributed by atoms with van der Waals surface area (Å²) in [5, 5.41) is 12.3. The summed E-state index contributed by atoms with van der Waals surface area (Å²) in [6.45, 7) is 9.58. The summed E-state index contributed by atoms with van der Waals surface area (Å²) < 4.78 is 12.1. The topological polar surface area (TPSA) is 67.8 Å². The molecular weight excluding hydrogens is 398 g/mol. The lowest BCUT2D eigenvalue weighted by Crippen LogP contribution is -2.33. The van der Waals surface area contributed by atoms with Crippen molar-refractivity contribution in [1.29, 1.82) is 0 Å². The van der Waals surface area contributed by atoms with Crippen LogP contribution in [0.2, 0.25) is 0 Å². The van der Waals surface area contributed by atoms with Crippen LogP contribution in [0.5, 0.6) is 11.5 Å². The van der Waals surface area contributed by atoms with Crippen LogP contribution in [0.1, 0.15) is 49.8 Å². The van der Waals surface area contributed by atoms with Crippen molar-refractivity contribution in [2.45, 2.75) is 50.9 Å². The normalized spacial score (nSPS) is 18.9. The molecule has 1 aliphatic rings. The molecule has 0 bridgehead atoms. The Morgan fingerprint density at radius 2 is 1.83 bits per heavy atom. The molecule has 1 heterocycles. The Kier molecular flexibility index (Phi) is 7.32. The van der Waals surface area contributed by atoms with Gasteiger partial charge in [-0.3, -0.25) is 10.1 Å². The Hall–Kier alpha value is -2.18. The molecule has 2 atom stereocenters. The molecule has 2 unspecified atom stereocenters. The number of benzene rings is 2. The van der Waals surface area contributed by atoms with E-state index >= 15 is 0 Å². The number of nitrogens with one attached hydrogen (secondary N) is 1. The number of ether oxygens (including phenoxy) is 2. The third kappa shape index (κ3) is 5.49. The Morgan fingerprint density at radius 1 is 1.13 bits per heavy atom. The fraction of sp³-hybridized carbons (Fsp3) is 0.458. The van der Waals surface area contributed by atoms with E-state index in [0.29, 0.717) is 19.0 Å². The van der Waals surface area contributed by atoms with E-state index in [9.17, 15) is 9.90 Å². The maximum absolute atomic E-state index is 11.2. The zero-order chi connectivity index (χ0) is 21.7. The summed E-state index contributed by atoms with van der Waals surface area (Å²) in [7, 11) is 0. The lowest BCUT2D eigenvalue weighted by atomic mass is 9.85. The highest BCUT2D eigenvalue weighted by Gasteiger charge is 2.31. The Bertz CT molecular complexity index is 878. The molecule has 2 aromatic rings. The Labute approximate surface area is 183 Å². The van der Waals surface area contributed by atoms with Gasteiger partial charge in [0.05, 0.1) is 5.37 Å². The summed E-state index contributed by atoms with van der Waals surface area (Å²) in [6.07, 6.45) is 0.999. The average Bonchev–Trinajstić information content (AvgIpc) is 3.21. The van der Waals surface area contributed by atoms with E-state index < -0.39 is 12.0 Å². The maximum Gasteiger partial charge on any atom is 0.321 e. The van der Waals surface area contributed by atoms with Crippen LogP contribution in [0.4, 0.5) is 0 Å². The number of para-hydroxylation sites is 1. The molecule has 3 rings (SSSR count). The summed E-state index contributed by atoms with van der Waals surface area (Å²) >= 11 is 1.59. The Morgan fingerprint density at radius 3 is 2.47 bits per heavy atom. The third-order valence-electron chi connectivity index (χ3n) is 5.14. The molecule has 1 saturated heterocycles. The molecule has 0 saturated carbocycles. The van der Waals surface area contributed by atoms with Crippen molar-refractivity contribution < 1.29 is 19.4 Å². The van der Waals surface area contributed by atoms with E-state index in [-0.39, 0.29) is 10.8 Å². The summed E-state index contributed by atoms with van der Waals surface area (Å²) in [5.74, 6) is 1.38. The van der Waals surface area contributed by atoms with E-state index in [0.717, 1.165) is 23.5 Å². The zero-order valence-electron chi connectivity index (χ0n) is 18.1. The second-order valence-corrected chi connectivity index (χ2v) is 9.58. The van der Waals surface area contributed by atoms with Gasteiger partial charge in [-0.05, 0) is 35.1 Å². The van der Waals surface area contributed by atoms with Gasteiger partial charge in [-0.1, -0.05) is 58.0 Å². The average molecular weight is 430 g/mol. The van der Waals surface area contributed by atoms with Crippen molar-refractivity contribution in [2.75, 3.05) is 19.0 Å². The third-order valence-corrected chi connectivity index (χ3v) is 6.39. The minimum atomic E-state index is -0.819. The van der Waals surface area contributed by atoms with Crippen LogP contribution in [0.3, 0.4) is 0 Å². The number of carboxylic acids is 1. The van der Waals surface area contributed by atoms with Gasteiger partial charge in [-0.15, -0.1) is 11.8 Å². The highest BCUT2D eigenvalue weighted by Crippen LogP contribution is 2.37. The largest absolute Gasteiger partial charge is 0.490 e. The minimum absolute atomic E-state index is 0.0000173. The first kappa shape index (κ1) is 22.5. The van der Waals surface area contributed by atoms with Gasteiger partial charge >= 0.3 is 5.97 Å². The number of thioether (sulfide) groups is 1. The van der Waals surface area contributed by atoms with E-state index in [2.05, 4.69) is 51.2 Å². The zero-order valence-corrected chi connectivity index (χ0v) is 18.9. The fourth-order valence-corrected chi connectivity index (χ4v) is 4.69. The van der Waals surface area contributed by atoms with Gasteiger partial charge in [0.15, 0.2) is 0 Å². The van der Waals surface area contributed by atoms with Crippen LogP contribution in [0.15, 0.2) is 42.5 Å². The van der Waals surface area contributed by atoms with E-state index in [1.807, 2.05) is 24.3 Å². The fourth-order valence-electron chi connectivity index (χ4n) is 3.43. The second kappa shape index (κ2) is 9.75. The number of carbonyl (C=O) groups is 1. The standard InChI is InChI=1S/C24H31NO4S/c1-5-16-10-11-21(18(14-16)24(2,3)4)29-13-12-28-20-9-7-6-8-17(20)22-25-19(15-30-22)23(26)27/h6-11,14,19,22,25H,5,12-13,15H2,1-4H3,(H,26,27). The lowest BCUT2D eigenvalue weighted by Gasteiger charge is -2.24. The molecule has 5 nitrogen and oxygen atoms in total. The van der Waals surface area contributed by atoms with Crippen LogP contribution >= 0.6 is 11.8 Å². The minimum Gasteiger partial charge on any atom is -0.490 e. The van der Waals surface area contributed by atoms with Crippen LogP contribution < -0.4 is 14.8 Å². The smallest absolute Gasteiger partial charge is 0.321 e. The van der Waals surface area contributed by atoms with Gasteiger partial charge in [0.2, 0.25) is 0 Å². The molecule has 0 amide bonds. The molecule has 2 aromatic carbocycles. The number of carboxylic acid groups (broad SMARTS) is 1. The molecule has 0 spiro atoms. The quantitative estimate of drug-likeness (QED) is 0.588. The molecule has 0 radical (unpaired) electrons. The lowest BCUT2D eigenvalue weighted by molar-refractivity contribution is -0.138. The number of rotatable bonds is 8. The number of aliphatic carboxylic acids is 1. The van der Waals surface area contributed by atoms with Gasteiger partial charge in [-0.2, -0.15) is 0 Å². The van der Waals surface area contributed by atoms with Crippen molar-refractivity contribution >= 4 is 17.7 Å². The first-order chi connectivity index (χ1) is 14.3. The van der Waals surface area contributed by atoms with Gasteiger partial charge in [0.1, 0.15) is 30.8 Å². The summed E-state index contributed by atoms with van der Waals surface area (Å²) in [4.78, 5) is 11.2. The van der Waals surface area contributed by atoms with Gasteiger partial charge in [0, 0.05) is 11.3 Å². The summed E-state index contributed by atoms with van der Waals surface area (Å²) in [5.41, 5.74) is 3.47. The molecule has 6 heteroatoms. The number of hydrogen-bond donors (Lipinski definition) is 2. The molecule has 162 valence electrons. The maximum atomic E-state index is 11.2. The highest BCUT2D eigenvalue weighted by atomic mass is 32.2. The first-order valence-corrected chi connectivity index (χ1v) is 11.4. The van der Waals surface area contributed by atoms with Crippen molar-refractivity contribution in [3.63, 3.8) is 0 Å².